The highest BCUT2D eigenvalue weighted by Crippen LogP contribution is 2.29. The number of benzene rings is 1. The van der Waals surface area contributed by atoms with Crippen LogP contribution in [0.2, 0.25) is 10.0 Å². The highest BCUT2D eigenvalue weighted by Gasteiger charge is 2.09. The monoisotopic (exact) mass is 329 g/mol. The molecule has 1 aromatic carbocycles. The Balaban J connectivity index is 3.01. The maximum Gasteiger partial charge on any atom is 0.339 e. The van der Waals surface area contributed by atoms with Gasteiger partial charge in [-0.3, -0.25) is 0 Å². The summed E-state index contributed by atoms with van der Waals surface area (Å²) in [4.78, 5) is 22.7. The first-order chi connectivity index (χ1) is 9.99. The molecule has 0 radical (unpaired) electrons. The third kappa shape index (κ3) is 5.13. The Morgan fingerprint density at radius 1 is 1.10 bits per heavy atom. The molecule has 0 saturated carbocycles. The predicted octanol–water partition coefficient (Wildman–Crippen LogP) is 3.19. The van der Waals surface area contributed by atoms with Gasteiger partial charge in [0, 0.05) is 12.3 Å². The van der Waals surface area contributed by atoms with Gasteiger partial charge in [0.15, 0.2) is 0 Å². The minimum absolute atomic E-state index is 0.0962. The van der Waals surface area contributed by atoms with Gasteiger partial charge in [-0.15, -0.1) is 0 Å². The quantitative estimate of drug-likeness (QED) is 0.510. The summed E-state index contributed by atoms with van der Waals surface area (Å²) in [5.41, 5.74) is 0.535. The number of hydrogen-bond donors (Lipinski definition) is 1. The van der Waals surface area contributed by atoms with Gasteiger partial charge < -0.3 is 14.8 Å². The Bertz CT molecular complexity index is 576. The summed E-state index contributed by atoms with van der Waals surface area (Å²) < 4.78 is 9.06. The van der Waals surface area contributed by atoms with E-state index in [0.29, 0.717) is 15.7 Å². The number of carbonyl (C=O) groups is 2. The van der Waals surface area contributed by atoms with Crippen molar-refractivity contribution in [1.82, 2.24) is 0 Å². The second-order valence-corrected chi connectivity index (χ2v) is 4.50. The molecule has 1 rings (SSSR count). The summed E-state index contributed by atoms with van der Waals surface area (Å²) in [6, 6.07) is 4.98. The van der Waals surface area contributed by atoms with Crippen molar-refractivity contribution >= 4 is 40.8 Å². The number of methoxy groups -OCH3 is 2. The van der Waals surface area contributed by atoms with Crippen LogP contribution in [0, 0.1) is 0 Å². The Hall–Kier alpha value is -1.98. The average Bonchev–Trinajstić information content (AvgIpc) is 2.48. The molecule has 112 valence electrons. The van der Waals surface area contributed by atoms with Gasteiger partial charge in [0.25, 0.3) is 0 Å². The van der Waals surface area contributed by atoms with E-state index in [1.54, 1.807) is 18.2 Å². The van der Waals surface area contributed by atoms with Crippen LogP contribution in [0.3, 0.4) is 0 Å². The first kappa shape index (κ1) is 17.1. The lowest BCUT2D eigenvalue weighted by molar-refractivity contribution is -0.135. The topological polar surface area (TPSA) is 64.6 Å². The van der Waals surface area contributed by atoms with Gasteiger partial charge >= 0.3 is 11.9 Å². The van der Waals surface area contributed by atoms with E-state index >= 15 is 0 Å². The van der Waals surface area contributed by atoms with Crippen LogP contribution in [0.5, 0.6) is 0 Å². The highest BCUT2D eigenvalue weighted by molar-refractivity contribution is 6.39. The zero-order chi connectivity index (χ0) is 15.8. The Morgan fingerprint density at radius 2 is 1.71 bits per heavy atom. The molecule has 5 nitrogen and oxygen atoms in total. The molecule has 0 bridgehead atoms. The van der Waals surface area contributed by atoms with Crippen molar-refractivity contribution < 1.29 is 19.1 Å². The Kier molecular flexibility index (Phi) is 6.78. The van der Waals surface area contributed by atoms with Gasteiger partial charge in [0.1, 0.15) is 0 Å². The zero-order valence-corrected chi connectivity index (χ0v) is 12.9. The molecular weight excluding hydrogens is 317 g/mol. The zero-order valence-electron chi connectivity index (χ0n) is 11.4. The number of carbonyl (C=O) groups excluding carboxylic acids is 2. The molecule has 0 unspecified atom stereocenters. The molecule has 21 heavy (non-hydrogen) atoms. The van der Waals surface area contributed by atoms with Crippen molar-refractivity contribution in [3.63, 3.8) is 0 Å². The molecule has 0 spiro atoms. The fourth-order valence-electron chi connectivity index (χ4n) is 1.30. The first-order valence-electron chi connectivity index (χ1n) is 5.74. The number of anilines is 1. The maximum atomic E-state index is 11.6. The van der Waals surface area contributed by atoms with E-state index in [1.165, 1.54) is 26.5 Å². The normalized spacial score (nSPS) is 11.3. The molecule has 0 aromatic heterocycles. The molecule has 0 amide bonds. The standard InChI is InChI=1S/C14H13Cl2NO4/c1-20-12(18)7-6-9(14(19)21-2)8-17-13-10(15)4-3-5-11(13)16/h3-8,17H,1-2H3/b7-6+,9-8-. The second-order valence-electron chi connectivity index (χ2n) is 3.69. The minimum Gasteiger partial charge on any atom is -0.466 e. The number of esters is 2. The third-order valence-corrected chi connectivity index (χ3v) is 2.99. The molecular formula is C14H13Cl2NO4. The molecule has 0 atom stereocenters. The second kappa shape index (κ2) is 8.34. The summed E-state index contributed by atoms with van der Waals surface area (Å²) in [6.07, 6.45) is 3.69. The van der Waals surface area contributed by atoms with Crippen LogP contribution in [0.15, 0.2) is 42.1 Å². The fraction of sp³-hybridized carbons (Fsp3) is 0.143. The van der Waals surface area contributed by atoms with Crippen LogP contribution in [0.4, 0.5) is 5.69 Å². The first-order valence-corrected chi connectivity index (χ1v) is 6.50. The largest absolute Gasteiger partial charge is 0.466 e. The van der Waals surface area contributed by atoms with Crippen LogP contribution in [-0.4, -0.2) is 26.2 Å². The summed E-state index contributed by atoms with van der Waals surface area (Å²) in [5, 5.41) is 3.59. The van der Waals surface area contributed by atoms with Gasteiger partial charge in [-0.2, -0.15) is 0 Å². The smallest absolute Gasteiger partial charge is 0.339 e. The molecule has 1 aromatic rings. The van der Waals surface area contributed by atoms with E-state index in [1.807, 2.05) is 0 Å². The van der Waals surface area contributed by atoms with Crippen molar-refractivity contribution in [3.8, 4) is 0 Å². The Morgan fingerprint density at radius 3 is 2.24 bits per heavy atom. The van der Waals surface area contributed by atoms with Gasteiger partial charge in [0.2, 0.25) is 0 Å². The van der Waals surface area contributed by atoms with Crippen LogP contribution >= 0.6 is 23.2 Å². The number of halogens is 2. The maximum absolute atomic E-state index is 11.6. The Labute approximate surface area is 132 Å². The van der Waals surface area contributed by atoms with E-state index in [9.17, 15) is 9.59 Å². The van der Waals surface area contributed by atoms with Gasteiger partial charge in [-0.1, -0.05) is 29.3 Å². The number of rotatable bonds is 5. The summed E-state index contributed by atoms with van der Waals surface area (Å²) in [6.45, 7) is 0. The fourth-order valence-corrected chi connectivity index (χ4v) is 1.81. The van der Waals surface area contributed by atoms with Crippen LogP contribution in [0.1, 0.15) is 0 Å². The molecule has 0 saturated heterocycles. The molecule has 1 N–H and O–H groups in total. The lowest BCUT2D eigenvalue weighted by Crippen LogP contribution is -2.06. The van der Waals surface area contributed by atoms with Gasteiger partial charge in [-0.05, 0) is 18.2 Å². The third-order valence-electron chi connectivity index (χ3n) is 2.36. The SMILES string of the molecule is COC(=O)/C=C/C(=C/Nc1c(Cl)cccc1Cl)C(=O)OC. The van der Waals surface area contributed by atoms with E-state index in [0.717, 1.165) is 6.08 Å². The van der Waals surface area contributed by atoms with E-state index in [4.69, 9.17) is 23.2 Å². The van der Waals surface area contributed by atoms with E-state index in [-0.39, 0.29) is 5.57 Å². The lowest BCUT2D eigenvalue weighted by Gasteiger charge is -2.07. The van der Waals surface area contributed by atoms with Crippen LogP contribution in [0.25, 0.3) is 0 Å². The van der Waals surface area contributed by atoms with Gasteiger partial charge in [0.05, 0.1) is 35.5 Å². The molecule has 0 fully saturated rings. The average molecular weight is 330 g/mol. The molecule has 7 heteroatoms. The molecule has 0 aliphatic rings. The van der Waals surface area contributed by atoms with Gasteiger partial charge in [-0.25, -0.2) is 9.59 Å². The van der Waals surface area contributed by atoms with Crippen molar-refractivity contribution in [1.29, 1.82) is 0 Å². The summed E-state index contributed by atoms with van der Waals surface area (Å²) >= 11 is 12.0. The molecule has 0 aliphatic carbocycles. The molecule has 0 aliphatic heterocycles. The number of para-hydroxylation sites is 1. The van der Waals surface area contributed by atoms with E-state index in [2.05, 4.69) is 14.8 Å². The van der Waals surface area contributed by atoms with E-state index < -0.39 is 11.9 Å². The number of nitrogens with one attached hydrogen (secondary N) is 1. The predicted molar refractivity (Wildman–Crippen MR) is 81.3 cm³/mol. The van der Waals surface area contributed by atoms with Crippen molar-refractivity contribution in [2.24, 2.45) is 0 Å². The summed E-state index contributed by atoms with van der Waals surface area (Å²) in [7, 11) is 2.46. The number of ether oxygens (including phenoxy) is 2. The summed E-state index contributed by atoms with van der Waals surface area (Å²) in [5.74, 6) is -1.23. The molecule has 0 heterocycles. The lowest BCUT2D eigenvalue weighted by atomic mass is 10.2. The van der Waals surface area contributed by atoms with Crippen molar-refractivity contribution in [2.45, 2.75) is 0 Å². The van der Waals surface area contributed by atoms with Crippen molar-refractivity contribution in [2.75, 3.05) is 19.5 Å². The van der Waals surface area contributed by atoms with Crippen molar-refractivity contribution in [3.05, 3.63) is 52.2 Å². The highest BCUT2D eigenvalue weighted by atomic mass is 35.5. The number of hydrogen-bond acceptors (Lipinski definition) is 5. The van der Waals surface area contributed by atoms with Crippen LogP contribution < -0.4 is 5.32 Å². The van der Waals surface area contributed by atoms with Crippen LogP contribution in [-0.2, 0) is 19.1 Å². The minimum atomic E-state index is -0.633.